The van der Waals surface area contributed by atoms with Crippen molar-refractivity contribution in [3.05, 3.63) is 53.6 Å². The highest BCUT2D eigenvalue weighted by atomic mass is 16.5. The van der Waals surface area contributed by atoms with Crippen molar-refractivity contribution in [1.82, 2.24) is 5.43 Å². The third-order valence-electron chi connectivity index (χ3n) is 3.90. The van der Waals surface area contributed by atoms with E-state index in [0.29, 0.717) is 17.1 Å². The average Bonchev–Trinajstić information content (AvgIpc) is 2.70. The summed E-state index contributed by atoms with van der Waals surface area (Å²) in [5.41, 5.74) is 5.02. The molecule has 6 nitrogen and oxygen atoms in total. The van der Waals surface area contributed by atoms with Gasteiger partial charge >= 0.3 is 0 Å². The Hall–Kier alpha value is -3.02. The minimum absolute atomic E-state index is 0.314. The van der Waals surface area contributed by atoms with E-state index >= 15 is 0 Å². The summed E-state index contributed by atoms with van der Waals surface area (Å²) in [6.07, 6.45) is 1.58. The summed E-state index contributed by atoms with van der Waals surface area (Å²) in [6, 6.07) is 12.9. The molecule has 0 radical (unpaired) electrons. The summed E-state index contributed by atoms with van der Waals surface area (Å²) in [6.45, 7) is 1.88. The zero-order chi connectivity index (χ0) is 18.9. The Labute approximate surface area is 153 Å². The highest BCUT2D eigenvalue weighted by Gasteiger charge is 2.09. The number of methoxy groups -OCH3 is 3. The number of nitrogens with zero attached hydrogens (tertiary/aromatic N) is 1. The standard InChI is InChI=1S/C20H24N2O4/c1-14(5-6-15-7-9-17(24-2)10-8-15)21-22-20(23)16-11-18(25-3)13-19(12-16)26-4/h7-13H,5-6H2,1-4H3,(H,22,23)/b21-14-. The van der Waals surface area contributed by atoms with Crippen LogP contribution in [0.3, 0.4) is 0 Å². The molecule has 0 unspecified atom stereocenters. The molecule has 0 atom stereocenters. The first-order chi connectivity index (χ1) is 12.5. The molecule has 26 heavy (non-hydrogen) atoms. The Morgan fingerprint density at radius 2 is 1.50 bits per heavy atom. The second kappa shape index (κ2) is 9.46. The molecule has 2 aromatic rings. The molecule has 0 aliphatic rings. The monoisotopic (exact) mass is 356 g/mol. The molecule has 2 rings (SSSR count). The lowest BCUT2D eigenvalue weighted by Gasteiger charge is -2.08. The lowest BCUT2D eigenvalue weighted by atomic mass is 10.1. The molecule has 0 aliphatic carbocycles. The van der Waals surface area contributed by atoms with Crippen LogP contribution in [-0.4, -0.2) is 32.9 Å². The maximum absolute atomic E-state index is 12.3. The molecule has 6 heteroatoms. The van der Waals surface area contributed by atoms with Crippen molar-refractivity contribution in [2.24, 2.45) is 5.10 Å². The number of nitrogens with one attached hydrogen (secondary N) is 1. The fourth-order valence-corrected chi connectivity index (χ4v) is 2.32. The summed E-state index contributed by atoms with van der Waals surface area (Å²) in [7, 11) is 4.72. The minimum atomic E-state index is -0.314. The largest absolute Gasteiger partial charge is 0.497 e. The molecule has 0 saturated heterocycles. The number of ether oxygens (including phenoxy) is 3. The number of carbonyl (C=O) groups excluding carboxylic acids is 1. The van der Waals surface area contributed by atoms with Gasteiger partial charge in [0.05, 0.1) is 21.3 Å². The van der Waals surface area contributed by atoms with Gasteiger partial charge in [-0.25, -0.2) is 5.43 Å². The zero-order valence-corrected chi connectivity index (χ0v) is 15.5. The second-order valence-corrected chi connectivity index (χ2v) is 5.74. The second-order valence-electron chi connectivity index (χ2n) is 5.74. The van der Waals surface area contributed by atoms with Crippen LogP contribution in [0.4, 0.5) is 0 Å². The molecule has 0 saturated carbocycles. The quantitative estimate of drug-likeness (QED) is 0.581. The van der Waals surface area contributed by atoms with Crippen LogP contribution >= 0.6 is 0 Å². The van der Waals surface area contributed by atoms with Gasteiger partial charge in [-0.05, 0) is 49.6 Å². The Bertz CT molecular complexity index is 748. The fraction of sp³-hybridized carbons (Fsp3) is 0.300. The number of rotatable bonds is 8. The van der Waals surface area contributed by atoms with Crippen molar-refractivity contribution < 1.29 is 19.0 Å². The summed E-state index contributed by atoms with van der Waals surface area (Å²) in [5, 5.41) is 4.17. The summed E-state index contributed by atoms with van der Waals surface area (Å²) in [4.78, 5) is 12.3. The first kappa shape index (κ1) is 19.3. The van der Waals surface area contributed by atoms with Crippen LogP contribution in [0.5, 0.6) is 17.2 Å². The van der Waals surface area contributed by atoms with Crippen molar-refractivity contribution in [3.8, 4) is 17.2 Å². The molecule has 0 aromatic heterocycles. The lowest BCUT2D eigenvalue weighted by molar-refractivity contribution is 0.0954. The van der Waals surface area contributed by atoms with Crippen LogP contribution < -0.4 is 19.6 Å². The van der Waals surface area contributed by atoms with Crippen LogP contribution in [0.15, 0.2) is 47.6 Å². The Balaban J connectivity index is 1.93. The summed E-state index contributed by atoms with van der Waals surface area (Å²) < 4.78 is 15.5. The molecule has 0 aliphatic heterocycles. The van der Waals surface area contributed by atoms with Gasteiger partial charge in [-0.1, -0.05) is 12.1 Å². The van der Waals surface area contributed by atoms with Gasteiger partial charge in [0, 0.05) is 17.3 Å². The summed E-state index contributed by atoms with van der Waals surface area (Å²) in [5.74, 6) is 1.62. The molecule has 1 amide bonds. The number of carbonyl (C=O) groups is 1. The maximum Gasteiger partial charge on any atom is 0.271 e. The van der Waals surface area contributed by atoms with Gasteiger partial charge in [0.25, 0.3) is 5.91 Å². The van der Waals surface area contributed by atoms with E-state index < -0.39 is 0 Å². The highest BCUT2D eigenvalue weighted by molar-refractivity contribution is 5.96. The summed E-state index contributed by atoms with van der Waals surface area (Å²) >= 11 is 0. The van der Waals surface area contributed by atoms with Crippen molar-refractivity contribution in [3.63, 3.8) is 0 Å². The van der Waals surface area contributed by atoms with Gasteiger partial charge in [0.2, 0.25) is 0 Å². The van der Waals surface area contributed by atoms with E-state index in [9.17, 15) is 4.79 Å². The van der Waals surface area contributed by atoms with Crippen molar-refractivity contribution in [2.45, 2.75) is 19.8 Å². The van der Waals surface area contributed by atoms with Crippen molar-refractivity contribution in [2.75, 3.05) is 21.3 Å². The maximum atomic E-state index is 12.3. The molecule has 0 heterocycles. The van der Waals surface area contributed by atoms with E-state index in [-0.39, 0.29) is 5.91 Å². The Morgan fingerprint density at radius 3 is 2.04 bits per heavy atom. The van der Waals surface area contributed by atoms with E-state index in [4.69, 9.17) is 14.2 Å². The van der Waals surface area contributed by atoms with Gasteiger partial charge in [0.1, 0.15) is 17.2 Å². The first-order valence-corrected chi connectivity index (χ1v) is 8.25. The minimum Gasteiger partial charge on any atom is -0.497 e. The van der Waals surface area contributed by atoms with Crippen molar-refractivity contribution in [1.29, 1.82) is 0 Å². The van der Waals surface area contributed by atoms with E-state index in [1.54, 1.807) is 25.3 Å². The lowest BCUT2D eigenvalue weighted by Crippen LogP contribution is -2.19. The van der Waals surface area contributed by atoms with E-state index in [2.05, 4.69) is 10.5 Å². The third-order valence-corrected chi connectivity index (χ3v) is 3.90. The first-order valence-electron chi connectivity index (χ1n) is 8.25. The molecular formula is C20H24N2O4. The smallest absolute Gasteiger partial charge is 0.271 e. The number of benzene rings is 2. The van der Waals surface area contributed by atoms with Gasteiger partial charge in [-0.15, -0.1) is 0 Å². The molecule has 138 valence electrons. The van der Waals surface area contributed by atoms with Gasteiger partial charge in [0.15, 0.2) is 0 Å². The topological polar surface area (TPSA) is 69.2 Å². The molecule has 2 aromatic carbocycles. The predicted octanol–water partition coefficient (Wildman–Crippen LogP) is 3.45. The zero-order valence-electron chi connectivity index (χ0n) is 15.5. The predicted molar refractivity (Wildman–Crippen MR) is 101 cm³/mol. The van der Waals surface area contributed by atoms with Crippen molar-refractivity contribution >= 4 is 11.6 Å². The number of hydrogen-bond acceptors (Lipinski definition) is 5. The molecule has 0 bridgehead atoms. The highest BCUT2D eigenvalue weighted by Crippen LogP contribution is 2.22. The van der Waals surface area contributed by atoms with Gasteiger partial charge < -0.3 is 14.2 Å². The van der Waals surface area contributed by atoms with Crippen LogP contribution in [-0.2, 0) is 6.42 Å². The Kier molecular flexibility index (Phi) is 7.02. The molecule has 0 spiro atoms. The number of aryl methyl sites for hydroxylation is 1. The molecule has 0 fully saturated rings. The third kappa shape index (κ3) is 5.51. The van der Waals surface area contributed by atoms with Crippen LogP contribution in [0.1, 0.15) is 29.3 Å². The van der Waals surface area contributed by atoms with Crippen LogP contribution in [0.2, 0.25) is 0 Å². The fourth-order valence-electron chi connectivity index (χ4n) is 2.32. The Morgan fingerprint density at radius 1 is 0.923 bits per heavy atom. The van der Waals surface area contributed by atoms with Gasteiger partial charge in [-0.2, -0.15) is 5.10 Å². The van der Waals surface area contributed by atoms with E-state index in [1.165, 1.54) is 19.8 Å². The van der Waals surface area contributed by atoms with Crippen LogP contribution in [0.25, 0.3) is 0 Å². The molecular weight excluding hydrogens is 332 g/mol. The number of amides is 1. The number of hydrogen-bond donors (Lipinski definition) is 1. The van der Waals surface area contributed by atoms with Gasteiger partial charge in [-0.3, -0.25) is 4.79 Å². The van der Waals surface area contributed by atoms with E-state index in [1.807, 2.05) is 31.2 Å². The van der Waals surface area contributed by atoms with Crippen LogP contribution in [0, 0.1) is 0 Å². The normalized spacial score (nSPS) is 11.0. The average molecular weight is 356 g/mol. The molecule has 1 N–H and O–H groups in total. The number of hydrazone groups is 1. The van der Waals surface area contributed by atoms with E-state index in [0.717, 1.165) is 24.3 Å². The SMILES string of the molecule is COc1ccc(CC/C(C)=N\NC(=O)c2cc(OC)cc(OC)c2)cc1.